The molecule has 3 nitrogen and oxygen atoms in total. The van der Waals surface area contributed by atoms with Gasteiger partial charge in [0.2, 0.25) is 0 Å². The molecule has 1 aromatic carbocycles. The molecular formula is C16H23N3. The van der Waals surface area contributed by atoms with Crippen molar-refractivity contribution in [1.82, 2.24) is 14.8 Å². The fraction of sp³-hybridized carbons (Fsp3) is 0.500. The number of hydrogen-bond acceptors (Lipinski definition) is 2. The maximum Gasteiger partial charge on any atom is 0.0486 e. The molecule has 1 fully saturated rings. The summed E-state index contributed by atoms with van der Waals surface area (Å²) < 4.78 is 2.40. The van der Waals surface area contributed by atoms with E-state index in [1.807, 2.05) is 0 Å². The Morgan fingerprint density at radius 1 is 1.16 bits per heavy atom. The minimum absolute atomic E-state index is 0.515. The van der Waals surface area contributed by atoms with Crippen LogP contribution in [0.3, 0.4) is 0 Å². The molecule has 3 rings (SSSR count). The van der Waals surface area contributed by atoms with Crippen molar-refractivity contribution in [2.24, 2.45) is 0 Å². The van der Waals surface area contributed by atoms with Gasteiger partial charge in [0.1, 0.15) is 0 Å². The van der Waals surface area contributed by atoms with Crippen LogP contribution in [0.4, 0.5) is 0 Å². The molecule has 0 spiro atoms. The van der Waals surface area contributed by atoms with Crippen molar-refractivity contribution in [1.29, 1.82) is 0 Å². The first-order valence-corrected chi connectivity index (χ1v) is 7.27. The van der Waals surface area contributed by atoms with Gasteiger partial charge in [0.25, 0.3) is 0 Å². The van der Waals surface area contributed by atoms with Gasteiger partial charge in [-0.3, -0.25) is 4.90 Å². The smallest absolute Gasteiger partial charge is 0.0486 e. The third-order valence-corrected chi connectivity index (χ3v) is 3.98. The van der Waals surface area contributed by atoms with Gasteiger partial charge in [0.15, 0.2) is 0 Å². The number of hydrogen-bond donors (Lipinski definition) is 1. The van der Waals surface area contributed by atoms with Crippen molar-refractivity contribution in [3.05, 3.63) is 36.0 Å². The Labute approximate surface area is 115 Å². The summed E-state index contributed by atoms with van der Waals surface area (Å²) in [4.78, 5) is 2.54. The van der Waals surface area contributed by atoms with E-state index in [4.69, 9.17) is 0 Å². The Kier molecular flexibility index (Phi) is 3.58. The minimum Gasteiger partial charge on any atom is -0.345 e. The van der Waals surface area contributed by atoms with Crippen molar-refractivity contribution in [3.8, 4) is 0 Å². The molecule has 3 heteroatoms. The first-order valence-electron chi connectivity index (χ1n) is 7.27. The summed E-state index contributed by atoms with van der Waals surface area (Å²) >= 11 is 0. The minimum atomic E-state index is 0.515. The molecule has 2 aromatic rings. The van der Waals surface area contributed by atoms with Crippen molar-refractivity contribution in [3.63, 3.8) is 0 Å². The Balaban J connectivity index is 1.94. The normalized spacial score (nSPS) is 17.4. The summed E-state index contributed by atoms with van der Waals surface area (Å²) in [5.41, 5.74) is 2.83. The molecule has 0 aliphatic carbocycles. The summed E-state index contributed by atoms with van der Waals surface area (Å²) in [5, 5.41) is 4.83. The number of piperazine rings is 1. The fourth-order valence-electron chi connectivity index (χ4n) is 2.94. The second-order valence-electron chi connectivity index (χ2n) is 5.70. The van der Waals surface area contributed by atoms with E-state index >= 15 is 0 Å². The lowest BCUT2D eigenvalue weighted by molar-refractivity contribution is 0.234. The van der Waals surface area contributed by atoms with Gasteiger partial charge >= 0.3 is 0 Å². The topological polar surface area (TPSA) is 20.2 Å². The third kappa shape index (κ3) is 2.53. The van der Waals surface area contributed by atoms with E-state index in [-0.39, 0.29) is 0 Å². The van der Waals surface area contributed by atoms with Crippen LogP contribution in [0.2, 0.25) is 0 Å². The van der Waals surface area contributed by atoms with E-state index in [1.54, 1.807) is 0 Å². The fourth-order valence-corrected chi connectivity index (χ4v) is 2.94. The summed E-state index contributed by atoms with van der Waals surface area (Å²) in [6.45, 7) is 10.1. The number of benzene rings is 1. The Morgan fingerprint density at radius 2 is 1.89 bits per heavy atom. The predicted molar refractivity (Wildman–Crippen MR) is 80.5 cm³/mol. The third-order valence-electron chi connectivity index (χ3n) is 3.98. The maximum absolute atomic E-state index is 3.41. The van der Waals surface area contributed by atoms with E-state index in [1.165, 1.54) is 16.5 Å². The summed E-state index contributed by atoms with van der Waals surface area (Å²) in [6.07, 6.45) is 2.34. The van der Waals surface area contributed by atoms with Gasteiger partial charge in [0.05, 0.1) is 0 Å². The number of rotatable bonds is 3. The Bertz CT molecular complexity index is 550. The lowest BCUT2D eigenvalue weighted by atomic mass is 10.1. The monoisotopic (exact) mass is 257 g/mol. The van der Waals surface area contributed by atoms with Crippen molar-refractivity contribution in [2.75, 3.05) is 26.2 Å². The average Bonchev–Trinajstić information content (AvgIpc) is 2.79. The van der Waals surface area contributed by atoms with Crippen LogP contribution < -0.4 is 5.32 Å². The lowest BCUT2D eigenvalue weighted by Crippen LogP contribution is -2.42. The highest BCUT2D eigenvalue weighted by Crippen LogP contribution is 2.25. The van der Waals surface area contributed by atoms with E-state index in [0.29, 0.717) is 6.04 Å². The van der Waals surface area contributed by atoms with Gasteiger partial charge < -0.3 is 9.88 Å². The van der Waals surface area contributed by atoms with Gasteiger partial charge in [-0.1, -0.05) is 18.2 Å². The first kappa shape index (κ1) is 12.7. The Morgan fingerprint density at radius 3 is 2.63 bits per heavy atom. The molecular weight excluding hydrogens is 234 g/mol. The highest BCUT2D eigenvalue weighted by molar-refractivity contribution is 5.84. The summed E-state index contributed by atoms with van der Waals surface area (Å²) in [6, 6.07) is 9.29. The van der Waals surface area contributed by atoms with Gasteiger partial charge in [-0.2, -0.15) is 0 Å². The molecule has 2 heterocycles. The van der Waals surface area contributed by atoms with Crippen LogP contribution in [0.1, 0.15) is 25.5 Å². The molecule has 1 N–H and O–H groups in total. The highest BCUT2D eigenvalue weighted by Gasteiger charge is 2.14. The number of nitrogens with zero attached hydrogens (tertiary/aromatic N) is 2. The average molecular weight is 257 g/mol. The van der Waals surface area contributed by atoms with Gasteiger partial charge in [-0.25, -0.2) is 0 Å². The molecule has 1 aliphatic rings. The standard InChI is InChI=1S/C16H23N3/c1-13(2)19-12-14(11-18-9-7-17-8-10-18)15-5-3-4-6-16(15)19/h3-6,12-13,17H,7-11H2,1-2H3. The molecule has 0 bridgehead atoms. The van der Waals surface area contributed by atoms with Crippen LogP contribution in [-0.4, -0.2) is 35.6 Å². The largest absolute Gasteiger partial charge is 0.345 e. The van der Waals surface area contributed by atoms with Crippen molar-refractivity contribution >= 4 is 10.9 Å². The molecule has 19 heavy (non-hydrogen) atoms. The molecule has 0 unspecified atom stereocenters. The zero-order chi connectivity index (χ0) is 13.2. The van der Waals surface area contributed by atoms with Crippen LogP contribution in [0.15, 0.2) is 30.5 Å². The molecule has 0 radical (unpaired) electrons. The highest BCUT2D eigenvalue weighted by atomic mass is 15.2. The number of para-hydroxylation sites is 1. The molecule has 0 amide bonds. The van der Waals surface area contributed by atoms with Gasteiger partial charge in [-0.05, 0) is 25.5 Å². The van der Waals surface area contributed by atoms with Gasteiger partial charge in [0, 0.05) is 55.9 Å². The van der Waals surface area contributed by atoms with E-state index in [2.05, 4.69) is 59.1 Å². The van der Waals surface area contributed by atoms with Crippen LogP contribution in [-0.2, 0) is 6.54 Å². The predicted octanol–water partition coefficient (Wildman–Crippen LogP) is 2.63. The number of nitrogens with one attached hydrogen (secondary N) is 1. The van der Waals surface area contributed by atoms with E-state index in [0.717, 1.165) is 32.7 Å². The lowest BCUT2D eigenvalue weighted by Gasteiger charge is -2.26. The molecule has 1 saturated heterocycles. The van der Waals surface area contributed by atoms with Gasteiger partial charge in [-0.15, -0.1) is 0 Å². The quantitative estimate of drug-likeness (QED) is 0.912. The molecule has 1 aliphatic heterocycles. The summed E-state index contributed by atoms with van der Waals surface area (Å²) in [7, 11) is 0. The molecule has 0 atom stereocenters. The number of fused-ring (bicyclic) bond motifs is 1. The van der Waals surface area contributed by atoms with Crippen molar-refractivity contribution < 1.29 is 0 Å². The second kappa shape index (κ2) is 5.35. The van der Waals surface area contributed by atoms with Crippen molar-refractivity contribution in [2.45, 2.75) is 26.4 Å². The zero-order valence-corrected chi connectivity index (χ0v) is 11.9. The van der Waals surface area contributed by atoms with E-state index < -0.39 is 0 Å². The first-order chi connectivity index (χ1) is 9.25. The number of aromatic nitrogens is 1. The Hall–Kier alpha value is -1.32. The van der Waals surface area contributed by atoms with Crippen LogP contribution in [0.25, 0.3) is 10.9 Å². The van der Waals surface area contributed by atoms with Crippen LogP contribution in [0.5, 0.6) is 0 Å². The maximum atomic E-state index is 3.41. The summed E-state index contributed by atoms with van der Waals surface area (Å²) in [5.74, 6) is 0. The molecule has 0 saturated carbocycles. The molecule has 1 aromatic heterocycles. The SMILES string of the molecule is CC(C)n1cc(CN2CCNCC2)c2ccccc21. The molecule has 102 valence electrons. The van der Waals surface area contributed by atoms with Crippen LogP contribution in [0, 0.1) is 0 Å². The van der Waals surface area contributed by atoms with Crippen LogP contribution >= 0.6 is 0 Å². The van der Waals surface area contributed by atoms with E-state index in [9.17, 15) is 0 Å². The second-order valence-corrected chi connectivity index (χ2v) is 5.70. The zero-order valence-electron chi connectivity index (χ0n) is 11.9.